The molecule has 0 amide bonds. The van der Waals surface area contributed by atoms with E-state index in [4.69, 9.17) is 12.2 Å². The average Bonchev–Trinajstić information content (AvgIpc) is 2.75. The van der Waals surface area contributed by atoms with Crippen molar-refractivity contribution in [2.75, 3.05) is 0 Å². The summed E-state index contributed by atoms with van der Waals surface area (Å²) in [7, 11) is 0. The molecule has 1 aromatic heterocycles. The second-order valence-corrected chi connectivity index (χ2v) is 5.39. The Hall–Kier alpha value is -1.94. The van der Waals surface area contributed by atoms with Gasteiger partial charge in [0.15, 0.2) is 4.77 Å². The lowest BCUT2D eigenvalue weighted by Gasteiger charge is -2.15. The summed E-state index contributed by atoms with van der Waals surface area (Å²) >= 11 is 5.40. The van der Waals surface area contributed by atoms with Crippen LogP contribution < -0.4 is 0 Å². The largest absolute Gasteiger partial charge is 0.330 e. The van der Waals surface area contributed by atoms with Crippen LogP contribution in [0.1, 0.15) is 24.1 Å². The van der Waals surface area contributed by atoms with Crippen LogP contribution in [-0.2, 0) is 0 Å². The molecule has 0 aliphatic rings. The third-order valence-electron chi connectivity index (χ3n) is 3.67. The number of hydrogen-bond acceptors (Lipinski definition) is 1. The molecule has 0 spiro atoms. The van der Waals surface area contributed by atoms with Crippen LogP contribution in [0.25, 0.3) is 11.0 Å². The number of aromatic nitrogens is 2. The van der Waals surface area contributed by atoms with Crippen LogP contribution in [-0.4, -0.2) is 9.55 Å². The fraction of sp³-hybridized carbons (Fsp3) is 0.188. The average molecular weight is 286 g/mol. The highest BCUT2D eigenvalue weighted by molar-refractivity contribution is 7.71. The lowest BCUT2D eigenvalue weighted by molar-refractivity contribution is 0.619. The summed E-state index contributed by atoms with van der Waals surface area (Å²) in [5, 5.41) is 0. The fourth-order valence-electron chi connectivity index (χ4n) is 2.52. The normalized spacial score (nSPS) is 12.8. The molecule has 0 radical (unpaired) electrons. The van der Waals surface area contributed by atoms with E-state index in [2.05, 4.69) is 24.0 Å². The second kappa shape index (κ2) is 4.87. The molecule has 2 aromatic carbocycles. The van der Waals surface area contributed by atoms with Crippen molar-refractivity contribution in [3.63, 3.8) is 0 Å². The van der Waals surface area contributed by atoms with E-state index in [1.807, 2.05) is 28.8 Å². The van der Waals surface area contributed by atoms with Gasteiger partial charge in [0, 0.05) is 0 Å². The Morgan fingerprint density at radius 2 is 1.90 bits per heavy atom. The van der Waals surface area contributed by atoms with Gasteiger partial charge in [0.25, 0.3) is 0 Å². The molecule has 0 saturated heterocycles. The molecule has 3 aromatic rings. The minimum atomic E-state index is -0.215. The Bertz CT molecular complexity index is 818. The van der Waals surface area contributed by atoms with Gasteiger partial charge < -0.3 is 9.55 Å². The summed E-state index contributed by atoms with van der Waals surface area (Å²) in [6.45, 7) is 3.86. The zero-order valence-electron chi connectivity index (χ0n) is 11.4. The van der Waals surface area contributed by atoms with Crippen LogP contribution in [0.4, 0.5) is 4.39 Å². The summed E-state index contributed by atoms with van der Waals surface area (Å²) in [4.78, 5) is 3.08. The van der Waals surface area contributed by atoms with Gasteiger partial charge in [-0.3, -0.25) is 0 Å². The molecule has 0 aliphatic carbocycles. The molecule has 0 bridgehead atoms. The van der Waals surface area contributed by atoms with Crippen molar-refractivity contribution >= 4 is 23.3 Å². The number of hydrogen-bond donors (Lipinski definition) is 1. The van der Waals surface area contributed by atoms with Crippen LogP contribution in [0.2, 0.25) is 0 Å². The maximum absolute atomic E-state index is 13.7. The smallest absolute Gasteiger partial charge is 0.178 e. The number of aromatic amines is 1. The van der Waals surface area contributed by atoms with E-state index in [9.17, 15) is 4.39 Å². The molecule has 4 heteroatoms. The number of imidazole rings is 1. The van der Waals surface area contributed by atoms with Crippen molar-refractivity contribution in [2.24, 2.45) is 0 Å². The van der Waals surface area contributed by atoms with Crippen molar-refractivity contribution in [1.82, 2.24) is 9.55 Å². The molecular formula is C16H15FN2S. The van der Waals surface area contributed by atoms with Crippen molar-refractivity contribution in [2.45, 2.75) is 19.9 Å². The number of halogens is 1. The number of rotatable bonds is 2. The second-order valence-electron chi connectivity index (χ2n) is 5.01. The summed E-state index contributed by atoms with van der Waals surface area (Å²) in [5.74, 6) is -0.215. The molecule has 1 N–H and O–H groups in total. The number of benzene rings is 2. The standard InChI is InChI=1S/C16H15FN2S/c1-10-8-15-14(9-13(10)17)18-16(20)19(15)11(2)12-6-4-3-5-7-12/h3-9,11H,1-2H3,(H,18,20). The van der Waals surface area contributed by atoms with Gasteiger partial charge in [0.1, 0.15) is 5.82 Å². The van der Waals surface area contributed by atoms with Crippen LogP contribution in [0.3, 0.4) is 0 Å². The van der Waals surface area contributed by atoms with Crippen LogP contribution in [0.15, 0.2) is 42.5 Å². The fourth-order valence-corrected chi connectivity index (χ4v) is 2.88. The van der Waals surface area contributed by atoms with E-state index in [1.165, 1.54) is 11.6 Å². The maximum atomic E-state index is 13.7. The molecule has 1 unspecified atom stereocenters. The summed E-state index contributed by atoms with van der Waals surface area (Å²) in [6, 6.07) is 13.6. The quantitative estimate of drug-likeness (QED) is 0.674. The number of fused-ring (bicyclic) bond motifs is 1. The Morgan fingerprint density at radius 1 is 1.20 bits per heavy atom. The van der Waals surface area contributed by atoms with Gasteiger partial charge in [-0.1, -0.05) is 30.3 Å². The van der Waals surface area contributed by atoms with Crippen LogP contribution in [0, 0.1) is 17.5 Å². The third kappa shape index (κ3) is 2.06. The molecule has 3 rings (SSSR count). The molecule has 20 heavy (non-hydrogen) atoms. The lowest BCUT2D eigenvalue weighted by Crippen LogP contribution is -2.06. The van der Waals surface area contributed by atoms with Gasteiger partial charge in [-0.25, -0.2) is 4.39 Å². The highest BCUT2D eigenvalue weighted by atomic mass is 32.1. The van der Waals surface area contributed by atoms with Crippen molar-refractivity contribution < 1.29 is 4.39 Å². The van der Waals surface area contributed by atoms with Gasteiger partial charge in [0.2, 0.25) is 0 Å². The first-order chi connectivity index (χ1) is 9.58. The summed E-state index contributed by atoms with van der Waals surface area (Å²) in [5.41, 5.74) is 3.47. The number of nitrogens with zero attached hydrogens (tertiary/aromatic N) is 1. The number of nitrogens with one attached hydrogen (secondary N) is 1. The molecule has 102 valence electrons. The highest BCUT2D eigenvalue weighted by Gasteiger charge is 2.14. The topological polar surface area (TPSA) is 20.7 Å². The number of aryl methyl sites for hydroxylation is 1. The van der Waals surface area contributed by atoms with Gasteiger partial charge in [-0.05, 0) is 49.3 Å². The lowest BCUT2D eigenvalue weighted by atomic mass is 10.1. The first-order valence-corrected chi connectivity index (χ1v) is 6.94. The van der Waals surface area contributed by atoms with Crippen molar-refractivity contribution in [3.8, 4) is 0 Å². The van der Waals surface area contributed by atoms with E-state index >= 15 is 0 Å². The Labute approximate surface area is 121 Å². The van der Waals surface area contributed by atoms with Crippen molar-refractivity contribution in [1.29, 1.82) is 0 Å². The minimum absolute atomic E-state index is 0.0994. The molecular weight excluding hydrogens is 271 g/mol. The van der Waals surface area contributed by atoms with Gasteiger partial charge in [0.05, 0.1) is 17.1 Å². The van der Waals surface area contributed by atoms with E-state index in [-0.39, 0.29) is 11.9 Å². The van der Waals surface area contributed by atoms with Crippen LogP contribution in [0.5, 0.6) is 0 Å². The number of H-pyrrole nitrogens is 1. The maximum Gasteiger partial charge on any atom is 0.178 e. The Morgan fingerprint density at radius 3 is 2.60 bits per heavy atom. The van der Waals surface area contributed by atoms with E-state index in [1.54, 1.807) is 6.92 Å². The van der Waals surface area contributed by atoms with E-state index in [0.29, 0.717) is 10.3 Å². The zero-order chi connectivity index (χ0) is 14.3. The molecule has 0 fully saturated rings. The monoisotopic (exact) mass is 286 g/mol. The predicted octanol–water partition coefficient (Wildman–Crippen LogP) is 4.76. The van der Waals surface area contributed by atoms with Crippen LogP contribution >= 0.6 is 12.2 Å². The third-order valence-corrected chi connectivity index (χ3v) is 3.96. The van der Waals surface area contributed by atoms with Gasteiger partial charge >= 0.3 is 0 Å². The van der Waals surface area contributed by atoms with Gasteiger partial charge in [-0.2, -0.15) is 0 Å². The van der Waals surface area contributed by atoms with E-state index in [0.717, 1.165) is 11.0 Å². The van der Waals surface area contributed by atoms with Crippen molar-refractivity contribution in [3.05, 3.63) is 64.2 Å². The molecule has 1 atom stereocenters. The van der Waals surface area contributed by atoms with E-state index < -0.39 is 0 Å². The Balaban J connectivity index is 2.24. The molecule has 0 aliphatic heterocycles. The van der Waals surface area contributed by atoms with Gasteiger partial charge in [-0.15, -0.1) is 0 Å². The summed E-state index contributed by atoms with van der Waals surface area (Å²) < 4.78 is 16.3. The molecule has 1 heterocycles. The molecule has 0 saturated carbocycles. The first kappa shape index (κ1) is 13.1. The predicted molar refractivity (Wildman–Crippen MR) is 82.1 cm³/mol. The minimum Gasteiger partial charge on any atom is -0.330 e. The first-order valence-electron chi connectivity index (χ1n) is 6.53. The SMILES string of the molecule is Cc1cc2c(cc1F)[nH]c(=S)n2C(C)c1ccccc1. The summed E-state index contributed by atoms with van der Waals surface area (Å²) in [6.07, 6.45) is 0. The zero-order valence-corrected chi connectivity index (χ0v) is 12.2. The highest BCUT2D eigenvalue weighted by Crippen LogP contribution is 2.26. The Kier molecular flexibility index (Phi) is 3.18. The molecule has 2 nitrogen and oxygen atoms in total.